The maximum absolute atomic E-state index is 11.8. The maximum Gasteiger partial charge on any atom is 0.326 e. The molecule has 0 spiro atoms. The molecule has 1 aliphatic heterocycles. The summed E-state index contributed by atoms with van der Waals surface area (Å²) in [6.45, 7) is 2.02. The van der Waals surface area contributed by atoms with Crippen molar-refractivity contribution in [3.8, 4) is 22.9 Å². The average molecular weight is 324 g/mol. The molecule has 6 heteroatoms. The molecule has 0 saturated carbocycles. The van der Waals surface area contributed by atoms with Crippen molar-refractivity contribution in [3.05, 3.63) is 42.5 Å². The van der Waals surface area contributed by atoms with Crippen LogP contribution in [-0.4, -0.2) is 27.4 Å². The van der Waals surface area contributed by atoms with Crippen LogP contribution in [0.25, 0.3) is 22.4 Å². The smallest absolute Gasteiger partial charge is 0.326 e. The van der Waals surface area contributed by atoms with Crippen LogP contribution in [0.1, 0.15) is 19.4 Å². The van der Waals surface area contributed by atoms with E-state index < -0.39 is 12.0 Å². The van der Waals surface area contributed by atoms with Gasteiger partial charge in [0.05, 0.1) is 11.0 Å². The monoisotopic (exact) mass is 324 g/mol. The number of benzene rings is 2. The van der Waals surface area contributed by atoms with Gasteiger partial charge in [0.15, 0.2) is 11.5 Å². The molecule has 0 bridgehead atoms. The van der Waals surface area contributed by atoms with Gasteiger partial charge in [-0.2, -0.15) is 0 Å². The molecule has 3 aromatic rings. The standard InChI is InChI=1S/C18H16N2O4/c1-2-13(18(21)22)20-14-9-16-15(23-10-24-16)8-12(14)19-17(20)11-6-4-3-5-7-11/h3-9,13H,2,10H2,1H3,(H,21,22). The summed E-state index contributed by atoms with van der Waals surface area (Å²) in [6.07, 6.45) is 0.453. The number of carbonyl (C=O) groups is 1. The van der Waals surface area contributed by atoms with E-state index in [-0.39, 0.29) is 6.79 Å². The Labute approximate surface area is 138 Å². The van der Waals surface area contributed by atoms with E-state index >= 15 is 0 Å². The lowest BCUT2D eigenvalue weighted by Gasteiger charge is -2.16. The number of aliphatic carboxylic acids is 1. The Balaban J connectivity index is 2.02. The van der Waals surface area contributed by atoms with Gasteiger partial charge >= 0.3 is 5.97 Å². The molecule has 1 aliphatic rings. The molecule has 0 amide bonds. The van der Waals surface area contributed by atoms with Gasteiger partial charge in [-0.25, -0.2) is 9.78 Å². The third-order valence-electron chi connectivity index (χ3n) is 4.20. The van der Waals surface area contributed by atoms with Gasteiger partial charge in [-0.05, 0) is 6.42 Å². The van der Waals surface area contributed by atoms with Gasteiger partial charge in [0.25, 0.3) is 0 Å². The van der Waals surface area contributed by atoms with Crippen LogP contribution in [0.4, 0.5) is 0 Å². The summed E-state index contributed by atoms with van der Waals surface area (Å²) in [4.78, 5) is 16.5. The first-order chi connectivity index (χ1) is 11.7. The van der Waals surface area contributed by atoms with Crippen LogP contribution in [0.15, 0.2) is 42.5 Å². The van der Waals surface area contributed by atoms with Gasteiger partial charge in [-0.1, -0.05) is 37.3 Å². The summed E-state index contributed by atoms with van der Waals surface area (Å²) < 4.78 is 12.6. The highest BCUT2D eigenvalue weighted by atomic mass is 16.7. The number of rotatable bonds is 4. The zero-order valence-corrected chi connectivity index (χ0v) is 13.1. The second-order valence-electron chi connectivity index (χ2n) is 5.63. The number of fused-ring (bicyclic) bond motifs is 2. The lowest BCUT2D eigenvalue weighted by atomic mass is 10.1. The fourth-order valence-electron chi connectivity index (χ4n) is 3.06. The molecule has 2 heterocycles. The van der Waals surface area contributed by atoms with Gasteiger partial charge < -0.3 is 19.1 Å². The zero-order valence-electron chi connectivity index (χ0n) is 13.1. The van der Waals surface area contributed by atoms with E-state index in [1.807, 2.05) is 43.3 Å². The Morgan fingerprint density at radius 3 is 2.62 bits per heavy atom. The molecular formula is C18H16N2O4. The molecule has 1 aromatic heterocycles. The van der Waals surface area contributed by atoms with Crippen LogP contribution in [-0.2, 0) is 4.79 Å². The van der Waals surface area contributed by atoms with Crippen molar-refractivity contribution in [2.24, 2.45) is 0 Å². The van der Waals surface area contributed by atoms with E-state index in [2.05, 4.69) is 4.98 Å². The second-order valence-corrected chi connectivity index (χ2v) is 5.63. The predicted octanol–water partition coefficient (Wildman–Crippen LogP) is 3.47. The third kappa shape index (κ3) is 2.19. The zero-order chi connectivity index (χ0) is 16.7. The first-order valence-corrected chi connectivity index (χ1v) is 7.79. The average Bonchev–Trinajstić information content (AvgIpc) is 3.18. The molecule has 0 saturated heterocycles. The van der Waals surface area contributed by atoms with Gasteiger partial charge in [0.2, 0.25) is 6.79 Å². The summed E-state index contributed by atoms with van der Waals surface area (Å²) in [7, 11) is 0. The lowest BCUT2D eigenvalue weighted by Crippen LogP contribution is -2.19. The molecule has 1 unspecified atom stereocenters. The number of ether oxygens (including phenoxy) is 2. The Morgan fingerprint density at radius 1 is 1.25 bits per heavy atom. The Morgan fingerprint density at radius 2 is 1.96 bits per heavy atom. The largest absolute Gasteiger partial charge is 0.480 e. The van der Waals surface area contributed by atoms with Crippen molar-refractivity contribution in [1.82, 2.24) is 9.55 Å². The minimum absolute atomic E-state index is 0.170. The fourth-order valence-corrected chi connectivity index (χ4v) is 3.06. The molecule has 4 rings (SSSR count). The molecular weight excluding hydrogens is 308 g/mol. The van der Waals surface area contributed by atoms with Crippen LogP contribution >= 0.6 is 0 Å². The maximum atomic E-state index is 11.8. The molecule has 2 aromatic carbocycles. The topological polar surface area (TPSA) is 73.6 Å². The number of carboxylic acids is 1. The summed E-state index contributed by atoms with van der Waals surface area (Å²) in [5.41, 5.74) is 2.29. The van der Waals surface area contributed by atoms with Gasteiger partial charge in [-0.3, -0.25) is 0 Å². The Kier molecular flexibility index (Phi) is 3.37. The number of imidazole rings is 1. The van der Waals surface area contributed by atoms with Crippen molar-refractivity contribution in [2.45, 2.75) is 19.4 Å². The number of carboxylic acid groups (broad SMARTS) is 1. The number of hydrogen-bond acceptors (Lipinski definition) is 4. The number of hydrogen-bond donors (Lipinski definition) is 1. The molecule has 6 nitrogen and oxygen atoms in total. The molecule has 1 N–H and O–H groups in total. The lowest BCUT2D eigenvalue weighted by molar-refractivity contribution is -0.140. The minimum atomic E-state index is -0.883. The van der Waals surface area contributed by atoms with Crippen molar-refractivity contribution < 1.29 is 19.4 Å². The molecule has 0 fully saturated rings. The Hall–Kier alpha value is -3.02. The van der Waals surface area contributed by atoms with Gasteiger partial charge in [0.1, 0.15) is 11.9 Å². The highest BCUT2D eigenvalue weighted by Crippen LogP contribution is 2.39. The van der Waals surface area contributed by atoms with E-state index in [0.29, 0.717) is 29.3 Å². The van der Waals surface area contributed by atoms with E-state index in [9.17, 15) is 9.90 Å². The second kappa shape index (κ2) is 5.56. The first kappa shape index (κ1) is 14.6. The molecule has 122 valence electrons. The quantitative estimate of drug-likeness (QED) is 0.795. The highest BCUT2D eigenvalue weighted by Gasteiger charge is 2.26. The summed E-state index contributed by atoms with van der Waals surface area (Å²) >= 11 is 0. The van der Waals surface area contributed by atoms with Crippen molar-refractivity contribution in [1.29, 1.82) is 0 Å². The Bertz CT molecular complexity index is 918. The number of nitrogens with zero attached hydrogens (tertiary/aromatic N) is 2. The van der Waals surface area contributed by atoms with E-state index in [1.54, 1.807) is 10.6 Å². The first-order valence-electron chi connectivity index (χ1n) is 7.79. The fraction of sp³-hybridized carbons (Fsp3) is 0.222. The van der Waals surface area contributed by atoms with Gasteiger partial charge in [-0.15, -0.1) is 0 Å². The van der Waals surface area contributed by atoms with E-state index in [0.717, 1.165) is 11.1 Å². The summed E-state index contributed by atoms with van der Waals surface area (Å²) in [5.74, 6) is 0.994. The summed E-state index contributed by atoms with van der Waals surface area (Å²) in [5, 5.41) is 9.66. The predicted molar refractivity (Wildman–Crippen MR) is 88.3 cm³/mol. The molecule has 24 heavy (non-hydrogen) atoms. The van der Waals surface area contributed by atoms with E-state index in [1.165, 1.54) is 0 Å². The van der Waals surface area contributed by atoms with Crippen LogP contribution in [0.5, 0.6) is 11.5 Å². The van der Waals surface area contributed by atoms with Crippen LogP contribution < -0.4 is 9.47 Å². The highest BCUT2D eigenvalue weighted by molar-refractivity contribution is 5.87. The van der Waals surface area contributed by atoms with Crippen LogP contribution in [0.3, 0.4) is 0 Å². The molecule has 0 radical (unpaired) electrons. The number of aromatic nitrogens is 2. The third-order valence-corrected chi connectivity index (χ3v) is 4.20. The molecule has 1 atom stereocenters. The molecule has 0 aliphatic carbocycles. The van der Waals surface area contributed by atoms with Crippen molar-refractivity contribution in [2.75, 3.05) is 6.79 Å². The van der Waals surface area contributed by atoms with Crippen LogP contribution in [0.2, 0.25) is 0 Å². The van der Waals surface area contributed by atoms with Crippen molar-refractivity contribution in [3.63, 3.8) is 0 Å². The van der Waals surface area contributed by atoms with Crippen molar-refractivity contribution >= 4 is 17.0 Å². The van der Waals surface area contributed by atoms with Crippen LogP contribution in [0, 0.1) is 0 Å². The normalized spacial score (nSPS) is 14.0. The van der Waals surface area contributed by atoms with E-state index in [4.69, 9.17) is 9.47 Å². The minimum Gasteiger partial charge on any atom is -0.480 e. The SMILES string of the molecule is CCC(C(=O)O)n1c(-c2ccccc2)nc2cc3c(cc21)OCO3. The van der Waals surface area contributed by atoms with Gasteiger partial charge in [0, 0.05) is 17.7 Å². The summed E-state index contributed by atoms with van der Waals surface area (Å²) in [6, 6.07) is 12.5.